The first-order valence-corrected chi connectivity index (χ1v) is 25.6. The van der Waals surface area contributed by atoms with E-state index < -0.39 is 0 Å². The molecule has 1 aliphatic carbocycles. The molecule has 3 heteroatoms. The van der Waals surface area contributed by atoms with Crippen molar-refractivity contribution in [2.45, 2.75) is 19.3 Å². The van der Waals surface area contributed by atoms with Crippen LogP contribution in [0.2, 0.25) is 0 Å². The van der Waals surface area contributed by atoms with Crippen molar-refractivity contribution in [3.05, 3.63) is 284 Å². The summed E-state index contributed by atoms with van der Waals surface area (Å²) in [4.78, 5) is 4.88. The minimum absolute atomic E-state index is 0.136. The number of aromatic nitrogens is 1. The minimum Gasteiger partial charge on any atom is -0.310 e. The molecule has 14 rings (SSSR count). The molecule has 13 aromatic rings. The van der Waals surface area contributed by atoms with Crippen molar-refractivity contribution in [3.8, 4) is 39.1 Å². The molecule has 0 saturated heterocycles. The maximum Gasteiger partial charge on any atom is 0.0547 e. The molecule has 3 nitrogen and oxygen atoms in total. The second kappa shape index (κ2) is 17.4. The Morgan fingerprint density at radius 1 is 0.284 bits per heavy atom. The largest absolute Gasteiger partial charge is 0.310 e. The molecule has 74 heavy (non-hydrogen) atoms. The zero-order chi connectivity index (χ0) is 49.3. The van der Waals surface area contributed by atoms with Crippen LogP contribution < -0.4 is 9.80 Å². The van der Waals surface area contributed by atoms with Crippen LogP contribution in [0.5, 0.6) is 0 Å². The third kappa shape index (κ3) is 7.27. The zero-order valence-electron chi connectivity index (χ0n) is 41.3. The van der Waals surface area contributed by atoms with Gasteiger partial charge in [0.2, 0.25) is 0 Å². The Labute approximate surface area is 432 Å². The monoisotopic (exact) mass is 945 g/mol. The summed E-state index contributed by atoms with van der Waals surface area (Å²) in [7, 11) is 0. The Hall–Kier alpha value is -9.44. The first kappa shape index (κ1) is 43.4. The van der Waals surface area contributed by atoms with E-state index in [9.17, 15) is 0 Å². The van der Waals surface area contributed by atoms with E-state index in [0.717, 1.165) is 45.3 Å². The summed E-state index contributed by atoms with van der Waals surface area (Å²) in [6.07, 6.45) is 0. The Bertz CT molecular complexity index is 4080. The number of benzene rings is 12. The van der Waals surface area contributed by atoms with E-state index in [1.165, 1.54) is 82.3 Å². The fourth-order valence-electron chi connectivity index (χ4n) is 11.8. The molecule has 0 N–H and O–H groups in total. The average Bonchev–Trinajstić information content (AvgIpc) is 3.90. The van der Waals surface area contributed by atoms with Crippen molar-refractivity contribution in [1.29, 1.82) is 0 Å². The first-order chi connectivity index (χ1) is 36.4. The Kier molecular flexibility index (Phi) is 10.2. The third-order valence-electron chi connectivity index (χ3n) is 15.5. The Morgan fingerprint density at radius 2 is 0.743 bits per heavy atom. The van der Waals surface area contributed by atoms with Crippen molar-refractivity contribution in [2.24, 2.45) is 0 Å². The van der Waals surface area contributed by atoms with Crippen molar-refractivity contribution in [3.63, 3.8) is 0 Å². The molecule has 0 fully saturated rings. The van der Waals surface area contributed by atoms with Crippen LogP contribution in [0.4, 0.5) is 34.1 Å². The van der Waals surface area contributed by atoms with E-state index in [2.05, 4.69) is 301 Å². The van der Waals surface area contributed by atoms with E-state index >= 15 is 0 Å². The van der Waals surface area contributed by atoms with Gasteiger partial charge in [-0.25, -0.2) is 0 Å². The van der Waals surface area contributed by atoms with Crippen molar-refractivity contribution >= 4 is 77.5 Å². The second-order valence-corrected chi connectivity index (χ2v) is 20.2. The molecule has 0 unspecified atom stereocenters. The predicted molar refractivity (Wildman–Crippen MR) is 314 cm³/mol. The lowest BCUT2D eigenvalue weighted by molar-refractivity contribution is 0.661. The number of para-hydroxylation sites is 1. The summed E-state index contributed by atoms with van der Waals surface area (Å²) in [6.45, 7) is 4.75. The fraction of sp³-hybridized carbons (Fsp3) is 0.0423. The molecule has 0 spiro atoms. The number of rotatable bonds is 9. The van der Waals surface area contributed by atoms with E-state index in [1.54, 1.807) is 0 Å². The average molecular weight is 946 g/mol. The molecular formula is C71H51N3. The molecule has 0 bridgehead atoms. The van der Waals surface area contributed by atoms with Gasteiger partial charge in [-0.1, -0.05) is 202 Å². The van der Waals surface area contributed by atoms with Gasteiger partial charge in [-0.05, 0) is 151 Å². The Morgan fingerprint density at radius 3 is 1.31 bits per heavy atom. The van der Waals surface area contributed by atoms with Gasteiger partial charge in [-0.2, -0.15) is 0 Å². The number of hydrogen-bond donors (Lipinski definition) is 0. The highest BCUT2D eigenvalue weighted by Crippen LogP contribution is 2.52. The summed E-state index contributed by atoms with van der Waals surface area (Å²) in [6, 6.07) is 101. The summed E-state index contributed by atoms with van der Waals surface area (Å²) in [5.41, 5.74) is 19.7. The SMILES string of the molecule is CC1(C)c2ccccc2-c2cc3c(cc21)c1ccccc1n3-c1cc(N(c2ccc(-c3ccccc3)cc2)c2ccc3ccccc3c2)cc(N(c2ccc(-c3ccccc3)cc2)c2ccc3ccccc3c2)c1. The number of nitrogens with zero attached hydrogens (tertiary/aromatic N) is 3. The smallest absolute Gasteiger partial charge is 0.0547 e. The maximum absolute atomic E-state index is 2.51. The van der Waals surface area contributed by atoms with Gasteiger partial charge in [0.05, 0.1) is 28.1 Å². The van der Waals surface area contributed by atoms with Crippen molar-refractivity contribution in [1.82, 2.24) is 4.57 Å². The van der Waals surface area contributed by atoms with Crippen LogP contribution in [0.3, 0.4) is 0 Å². The van der Waals surface area contributed by atoms with Crippen LogP contribution in [-0.2, 0) is 5.41 Å². The predicted octanol–water partition coefficient (Wildman–Crippen LogP) is 19.7. The first-order valence-electron chi connectivity index (χ1n) is 25.6. The van der Waals surface area contributed by atoms with E-state index in [-0.39, 0.29) is 5.41 Å². The lowest BCUT2D eigenvalue weighted by atomic mass is 9.82. The van der Waals surface area contributed by atoms with Gasteiger partial charge in [-0.15, -0.1) is 0 Å². The lowest BCUT2D eigenvalue weighted by Crippen LogP contribution is -2.15. The van der Waals surface area contributed by atoms with Crippen LogP contribution in [0.25, 0.3) is 82.4 Å². The van der Waals surface area contributed by atoms with E-state index in [0.29, 0.717) is 0 Å². The molecule has 0 amide bonds. The van der Waals surface area contributed by atoms with E-state index in [4.69, 9.17) is 0 Å². The summed E-state index contributed by atoms with van der Waals surface area (Å²) in [5.74, 6) is 0. The standard InChI is InChI=1S/C71H51N3/c1-71(2)67-27-15-13-25-63(67)65-47-70-66(46-68(65)71)64-26-14-16-28-69(64)74(70)62-44-60(72(58-39-33-50-21-9-11-23-54(50)41-58)56-35-29-52(30-36-56)48-17-5-3-6-18-48)43-61(45-62)73(59-40-34-51-22-10-12-24-55(51)42-59)57-37-31-53(32-38-57)49-19-7-4-8-20-49/h3-47H,1-2H3. The highest BCUT2D eigenvalue weighted by molar-refractivity contribution is 6.12. The van der Waals surface area contributed by atoms with Crippen LogP contribution in [0, 0.1) is 0 Å². The van der Waals surface area contributed by atoms with Gasteiger partial charge in [0.15, 0.2) is 0 Å². The van der Waals surface area contributed by atoms with Gasteiger partial charge < -0.3 is 14.4 Å². The van der Waals surface area contributed by atoms with Gasteiger partial charge >= 0.3 is 0 Å². The lowest BCUT2D eigenvalue weighted by Gasteiger charge is -2.31. The normalized spacial score (nSPS) is 12.6. The molecule has 1 heterocycles. The number of hydrogen-bond acceptors (Lipinski definition) is 2. The van der Waals surface area contributed by atoms with Crippen LogP contribution in [-0.4, -0.2) is 4.57 Å². The zero-order valence-corrected chi connectivity index (χ0v) is 41.3. The maximum atomic E-state index is 2.51. The molecule has 1 aromatic heterocycles. The highest BCUT2D eigenvalue weighted by atomic mass is 15.2. The quantitative estimate of drug-likeness (QED) is 0.143. The van der Waals surface area contributed by atoms with Gasteiger partial charge in [-0.3, -0.25) is 0 Å². The molecule has 0 atom stereocenters. The summed E-state index contributed by atoms with van der Waals surface area (Å²) < 4.78 is 2.51. The molecule has 0 radical (unpaired) electrons. The second-order valence-electron chi connectivity index (χ2n) is 20.2. The number of fused-ring (bicyclic) bond motifs is 8. The molecule has 350 valence electrons. The highest BCUT2D eigenvalue weighted by Gasteiger charge is 2.36. The molecular weight excluding hydrogens is 895 g/mol. The molecule has 12 aromatic carbocycles. The van der Waals surface area contributed by atoms with Crippen molar-refractivity contribution in [2.75, 3.05) is 9.80 Å². The van der Waals surface area contributed by atoms with Crippen LogP contribution in [0.15, 0.2) is 273 Å². The van der Waals surface area contributed by atoms with Gasteiger partial charge in [0.1, 0.15) is 0 Å². The van der Waals surface area contributed by atoms with Gasteiger partial charge in [0, 0.05) is 38.9 Å². The number of anilines is 6. The molecule has 0 saturated carbocycles. The summed E-state index contributed by atoms with van der Waals surface area (Å²) >= 11 is 0. The fourth-order valence-corrected chi connectivity index (χ4v) is 11.8. The minimum atomic E-state index is -0.136. The topological polar surface area (TPSA) is 11.4 Å². The summed E-state index contributed by atoms with van der Waals surface area (Å²) in [5, 5.41) is 7.25. The van der Waals surface area contributed by atoms with Crippen LogP contribution in [0.1, 0.15) is 25.0 Å². The van der Waals surface area contributed by atoms with E-state index in [1.807, 2.05) is 0 Å². The Balaban J connectivity index is 1.06. The van der Waals surface area contributed by atoms with Gasteiger partial charge in [0.25, 0.3) is 0 Å². The van der Waals surface area contributed by atoms with Crippen LogP contribution >= 0.6 is 0 Å². The third-order valence-corrected chi connectivity index (χ3v) is 15.5. The van der Waals surface area contributed by atoms with Crippen molar-refractivity contribution < 1.29 is 0 Å². The molecule has 1 aliphatic rings. The molecule has 0 aliphatic heterocycles.